The van der Waals surface area contributed by atoms with Crippen molar-refractivity contribution in [2.75, 3.05) is 25.6 Å². The van der Waals surface area contributed by atoms with Crippen molar-refractivity contribution >= 4 is 33.1 Å². The molecule has 0 aromatic carbocycles. The quantitative estimate of drug-likeness (QED) is 0.582. The lowest BCUT2D eigenvalue weighted by Crippen LogP contribution is -2.23. The molecule has 1 N–H and O–H groups in total. The van der Waals surface area contributed by atoms with Gasteiger partial charge in [-0.15, -0.1) is 11.3 Å². The zero-order chi connectivity index (χ0) is 20.1. The van der Waals surface area contributed by atoms with Gasteiger partial charge in [0.25, 0.3) is 5.56 Å². The number of ether oxygens (including phenoxy) is 2. The topological polar surface area (TPSA) is 95.3 Å². The van der Waals surface area contributed by atoms with Gasteiger partial charge in [-0.3, -0.25) is 14.2 Å². The number of rotatable bonds is 8. The molecule has 3 aromatic rings. The van der Waals surface area contributed by atoms with Crippen molar-refractivity contribution in [3.05, 3.63) is 45.5 Å². The van der Waals surface area contributed by atoms with Gasteiger partial charge in [-0.05, 0) is 31.5 Å². The first-order chi connectivity index (χ1) is 13.5. The molecule has 28 heavy (non-hydrogen) atoms. The Hall–Kier alpha value is -2.78. The highest BCUT2D eigenvalue weighted by molar-refractivity contribution is 7.18. The van der Waals surface area contributed by atoms with Crippen molar-refractivity contribution in [1.29, 1.82) is 0 Å². The second-order valence-corrected chi connectivity index (χ2v) is 7.41. The summed E-state index contributed by atoms with van der Waals surface area (Å²) in [6, 6.07) is 3.42. The van der Waals surface area contributed by atoms with E-state index in [2.05, 4.69) is 15.3 Å². The number of carbonyl (C=O) groups is 1. The molecule has 0 fully saturated rings. The van der Waals surface area contributed by atoms with Crippen LogP contribution in [-0.4, -0.2) is 40.8 Å². The Bertz CT molecular complexity index is 1040. The molecule has 0 bridgehead atoms. The third-order valence-corrected chi connectivity index (χ3v) is 5.42. The van der Waals surface area contributed by atoms with Crippen LogP contribution in [0.5, 0.6) is 5.88 Å². The lowest BCUT2D eigenvalue weighted by molar-refractivity contribution is -0.116. The van der Waals surface area contributed by atoms with E-state index in [1.54, 1.807) is 25.4 Å². The van der Waals surface area contributed by atoms with E-state index in [1.807, 2.05) is 13.8 Å². The van der Waals surface area contributed by atoms with E-state index in [-0.39, 0.29) is 24.4 Å². The highest BCUT2D eigenvalue weighted by atomic mass is 32.1. The minimum Gasteiger partial charge on any atom is -0.474 e. The summed E-state index contributed by atoms with van der Waals surface area (Å²) in [6.45, 7) is 4.88. The first-order valence-electron chi connectivity index (χ1n) is 8.83. The molecule has 3 rings (SSSR count). The number of nitrogens with zero attached hydrogens (tertiary/aromatic N) is 3. The van der Waals surface area contributed by atoms with Crippen LogP contribution in [-0.2, 0) is 16.1 Å². The number of aryl methyl sites for hydroxylation is 3. The van der Waals surface area contributed by atoms with Crippen molar-refractivity contribution in [2.45, 2.75) is 26.8 Å². The van der Waals surface area contributed by atoms with Gasteiger partial charge in [0.15, 0.2) is 0 Å². The summed E-state index contributed by atoms with van der Waals surface area (Å²) in [7, 11) is 1.58. The van der Waals surface area contributed by atoms with Gasteiger partial charge in [-0.25, -0.2) is 9.97 Å². The van der Waals surface area contributed by atoms with E-state index in [1.165, 1.54) is 22.2 Å². The van der Waals surface area contributed by atoms with E-state index in [0.717, 1.165) is 15.3 Å². The van der Waals surface area contributed by atoms with Crippen LogP contribution < -0.4 is 15.6 Å². The zero-order valence-corrected chi connectivity index (χ0v) is 16.8. The maximum Gasteiger partial charge on any atom is 0.262 e. The van der Waals surface area contributed by atoms with E-state index in [0.29, 0.717) is 30.2 Å². The number of nitrogens with one attached hydrogen (secondary N) is 1. The molecular formula is C19H22N4O4S. The molecule has 0 spiro atoms. The predicted molar refractivity (Wildman–Crippen MR) is 108 cm³/mol. The van der Waals surface area contributed by atoms with Crippen molar-refractivity contribution in [3.63, 3.8) is 0 Å². The van der Waals surface area contributed by atoms with Crippen LogP contribution in [0.4, 0.5) is 5.69 Å². The molecule has 0 atom stereocenters. The number of hydrogen-bond acceptors (Lipinski definition) is 7. The lowest BCUT2D eigenvalue weighted by Gasteiger charge is -2.11. The van der Waals surface area contributed by atoms with E-state index in [9.17, 15) is 9.59 Å². The van der Waals surface area contributed by atoms with Gasteiger partial charge in [0, 0.05) is 31.1 Å². The monoisotopic (exact) mass is 402 g/mol. The standard InChI is InChI=1S/C19H22N4O4S/c1-12-13(2)28-18-16(12)19(25)23(11-21-18)8-6-15(24)22-14-5-4-7-20-17(14)27-10-9-26-3/h4-5,7,11H,6,8-10H2,1-3H3,(H,22,24). The Kier molecular flexibility index (Phi) is 6.37. The van der Waals surface area contributed by atoms with Crippen molar-refractivity contribution < 1.29 is 14.3 Å². The average Bonchev–Trinajstić information content (AvgIpc) is 2.97. The summed E-state index contributed by atoms with van der Waals surface area (Å²) in [5, 5.41) is 3.41. The van der Waals surface area contributed by atoms with Crippen molar-refractivity contribution in [1.82, 2.24) is 14.5 Å². The lowest BCUT2D eigenvalue weighted by atomic mass is 10.2. The molecule has 0 aliphatic carbocycles. The molecule has 3 aromatic heterocycles. The molecule has 0 unspecified atom stereocenters. The molecule has 9 heteroatoms. The number of thiophene rings is 1. The Labute approximate surface area is 166 Å². The maximum absolute atomic E-state index is 12.7. The van der Waals surface area contributed by atoms with Crippen LogP contribution >= 0.6 is 11.3 Å². The second-order valence-electron chi connectivity index (χ2n) is 6.20. The fraction of sp³-hybridized carbons (Fsp3) is 0.368. The van der Waals surface area contributed by atoms with Gasteiger partial charge in [0.1, 0.15) is 17.1 Å². The first kappa shape index (κ1) is 20.0. The molecule has 3 heterocycles. The normalized spacial score (nSPS) is 11.0. The average molecular weight is 402 g/mol. The van der Waals surface area contributed by atoms with Crippen LogP contribution in [0.25, 0.3) is 10.2 Å². The summed E-state index contributed by atoms with van der Waals surface area (Å²) in [5.41, 5.74) is 1.31. The summed E-state index contributed by atoms with van der Waals surface area (Å²) in [4.78, 5) is 35.3. The maximum atomic E-state index is 12.7. The molecular weight excluding hydrogens is 380 g/mol. The van der Waals surface area contributed by atoms with Crippen molar-refractivity contribution in [2.24, 2.45) is 0 Å². The van der Waals surface area contributed by atoms with Gasteiger partial charge in [0.05, 0.1) is 18.3 Å². The first-order valence-corrected chi connectivity index (χ1v) is 9.64. The minimum atomic E-state index is -0.241. The highest BCUT2D eigenvalue weighted by Crippen LogP contribution is 2.25. The Balaban J connectivity index is 1.67. The molecule has 0 saturated heterocycles. The largest absolute Gasteiger partial charge is 0.474 e. The minimum absolute atomic E-state index is 0.121. The second kappa shape index (κ2) is 8.94. The Morgan fingerprint density at radius 3 is 2.89 bits per heavy atom. The van der Waals surface area contributed by atoms with Gasteiger partial charge < -0.3 is 14.8 Å². The molecule has 1 amide bonds. The predicted octanol–water partition coefficient (Wildman–Crippen LogP) is 2.52. The number of methoxy groups -OCH3 is 1. The third kappa shape index (κ3) is 4.37. The highest BCUT2D eigenvalue weighted by Gasteiger charge is 2.13. The number of anilines is 1. The summed E-state index contributed by atoms with van der Waals surface area (Å²) in [5.74, 6) is 0.0901. The van der Waals surface area contributed by atoms with Crippen molar-refractivity contribution in [3.8, 4) is 5.88 Å². The van der Waals surface area contributed by atoms with Gasteiger partial charge in [-0.2, -0.15) is 0 Å². The summed E-state index contributed by atoms with van der Waals surface area (Å²) in [6.07, 6.45) is 3.21. The fourth-order valence-corrected chi connectivity index (χ4v) is 3.67. The zero-order valence-electron chi connectivity index (χ0n) is 16.0. The van der Waals surface area contributed by atoms with Gasteiger partial charge >= 0.3 is 0 Å². The number of amides is 1. The molecule has 0 aliphatic heterocycles. The van der Waals surface area contributed by atoms with Crippen LogP contribution in [0.1, 0.15) is 16.9 Å². The van der Waals surface area contributed by atoms with Crippen LogP contribution in [0.3, 0.4) is 0 Å². The van der Waals surface area contributed by atoms with Crippen LogP contribution in [0.15, 0.2) is 29.5 Å². The van der Waals surface area contributed by atoms with E-state index in [4.69, 9.17) is 9.47 Å². The molecule has 0 radical (unpaired) electrons. The number of hydrogen-bond donors (Lipinski definition) is 1. The molecule has 8 nitrogen and oxygen atoms in total. The molecule has 0 saturated carbocycles. The molecule has 0 aliphatic rings. The van der Waals surface area contributed by atoms with Gasteiger partial charge in [-0.1, -0.05) is 0 Å². The smallest absolute Gasteiger partial charge is 0.262 e. The summed E-state index contributed by atoms with van der Waals surface area (Å²) >= 11 is 1.50. The van der Waals surface area contributed by atoms with Crippen LogP contribution in [0, 0.1) is 13.8 Å². The number of pyridine rings is 1. The van der Waals surface area contributed by atoms with Gasteiger partial charge in [0.2, 0.25) is 11.8 Å². The Morgan fingerprint density at radius 1 is 1.29 bits per heavy atom. The SMILES string of the molecule is COCCOc1ncccc1NC(=O)CCn1cnc2sc(C)c(C)c2c1=O. The van der Waals surface area contributed by atoms with E-state index < -0.39 is 0 Å². The van der Waals surface area contributed by atoms with E-state index >= 15 is 0 Å². The number of fused-ring (bicyclic) bond motifs is 1. The number of carbonyl (C=O) groups excluding carboxylic acids is 1. The number of aromatic nitrogens is 3. The fourth-order valence-electron chi connectivity index (χ4n) is 2.69. The summed E-state index contributed by atoms with van der Waals surface area (Å²) < 4.78 is 11.9. The van der Waals surface area contributed by atoms with Crippen LogP contribution in [0.2, 0.25) is 0 Å². The molecule has 148 valence electrons. The third-order valence-electron chi connectivity index (χ3n) is 4.31. The Morgan fingerprint density at radius 2 is 2.11 bits per heavy atom.